The van der Waals surface area contributed by atoms with Crippen molar-refractivity contribution in [3.05, 3.63) is 68.3 Å². The number of halogens is 1. The van der Waals surface area contributed by atoms with Crippen molar-refractivity contribution >= 4 is 39.3 Å². The third-order valence-electron chi connectivity index (χ3n) is 6.30. The maximum Gasteiger partial charge on any atom is 0.311 e. The van der Waals surface area contributed by atoms with Gasteiger partial charge in [0.15, 0.2) is 0 Å². The molecule has 1 atom stereocenters. The molecule has 0 heterocycles. The van der Waals surface area contributed by atoms with Crippen LogP contribution in [0.25, 0.3) is 10.8 Å². The van der Waals surface area contributed by atoms with Gasteiger partial charge in [-0.3, -0.25) is 4.79 Å². The maximum atomic E-state index is 12.5. The normalized spacial score (nSPS) is 13.1. The molecule has 0 saturated carbocycles. The van der Waals surface area contributed by atoms with Crippen LogP contribution >= 0.6 is 22.6 Å². The van der Waals surface area contributed by atoms with E-state index in [2.05, 4.69) is 70.2 Å². The zero-order valence-corrected chi connectivity index (χ0v) is 23.5. The average Bonchev–Trinajstić information content (AvgIpc) is 2.74. The number of hydrogen-bond donors (Lipinski definition) is 1. The van der Waals surface area contributed by atoms with Gasteiger partial charge >= 0.3 is 5.97 Å². The minimum atomic E-state index is -0.845. The van der Waals surface area contributed by atoms with E-state index in [4.69, 9.17) is 9.47 Å². The lowest BCUT2D eigenvalue weighted by atomic mass is 9.77. The van der Waals surface area contributed by atoms with Gasteiger partial charge in [-0.25, -0.2) is 0 Å². The van der Waals surface area contributed by atoms with E-state index in [0.717, 1.165) is 48.1 Å². The molecule has 0 amide bonds. The molecule has 0 aromatic heterocycles. The second-order valence-corrected chi connectivity index (χ2v) is 12.1. The number of hydrogen-bond acceptors (Lipinski definition) is 3. The van der Waals surface area contributed by atoms with Crippen molar-refractivity contribution in [3.63, 3.8) is 0 Å². The van der Waals surface area contributed by atoms with E-state index in [0.29, 0.717) is 6.42 Å². The Morgan fingerprint density at radius 2 is 1.53 bits per heavy atom. The summed E-state index contributed by atoms with van der Waals surface area (Å²) in [5, 5.41) is 12.3. The molecular weight excluding hydrogens is 539 g/mol. The molecule has 3 rings (SSSR count). The van der Waals surface area contributed by atoms with Crippen LogP contribution in [-0.4, -0.2) is 25.3 Å². The van der Waals surface area contributed by atoms with Crippen molar-refractivity contribution in [1.82, 2.24) is 0 Å². The largest absolute Gasteiger partial charge is 0.496 e. The van der Waals surface area contributed by atoms with E-state index in [1.165, 1.54) is 0 Å². The molecule has 0 fully saturated rings. The predicted octanol–water partition coefficient (Wildman–Crippen LogP) is 7.47. The van der Waals surface area contributed by atoms with Gasteiger partial charge in [0.25, 0.3) is 0 Å². The van der Waals surface area contributed by atoms with Crippen LogP contribution in [0, 0.1) is 3.57 Å². The van der Waals surface area contributed by atoms with Crippen molar-refractivity contribution < 1.29 is 19.4 Å². The van der Waals surface area contributed by atoms with Crippen molar-refractivity contribution in [1.29, 1.82) is 0 Å². The third kappa shape index (κ3) is 5.19. The Morgan fingerprint density at radius 1 is 0.912 bits per heavy atom. The van der Waals surface area contributed by atoms with E-state index in [1.54, 1.807) is 14.2 Å². The molecule has 3 aromatic carbocycles. The fourth-order valence-electron chi connectivity index (χ4n) is 4.69. The Morgan fingerprint density at radius 3 is 2.00 bits per heavy atom. The molecule has 0 aliphatic heterocycles. The van der Waals surface area contributed by atoms with Crippen molar-refractivity contribution in [3.8, 4) is 11.5 Å². The molecule has 0 spiro atoms. The Hall–Kier alpha value is -2.28. The molecule has 4 nitrogen and oxygen atoms in total. The summed E-state index contributed by atoms with van der Waals surface area (Å²) < 4.78 is 12.9. The highest BCUT2D eigenvalue weighted by Crippen LogP contribution is 2.46. The zero-order valence-electron chi connectivity index (χ0n) is 21.4. The van der Waals surface area contributed by atoms with Crippen LogP contribution < -0.4 is 9.47 Å². The number of carbonyl (C=O) groups is 1. The molecule has 34 heavy (non-hydrogen) atoms. The van der Waals surface area contributed by atoms with Gasteiger partial charge in [-0.15, -0.1) is 0 Å². The number of carboxylic acids is 1. The number of rotatable bonds is 6. The number of aliphatic carboxylic acids is 1. The topological polar surface area (TPSA) is 55.8 Å². The second kappa shape index (κ2) is 9.76. The van der Waals surface area contributed by atoms with Gasteiger partial charge in [-0.1, -0.05) is 59.7 Å². The summed E-state index contributed by atoms with van der Waals surface area (Å²) >= 11 is 2.23. The molecule has 0 saturated heterocycles. The lowest BCUT2D eigenvalue weighted by Gasteiger charge is -2.30. The minimum absolute atomic E-state index is 0.172. The number of methoxy groups -OCH3 is 2. The van der Waals surface area contributed by atoms with E-state index >= 15 is 0 Å². The average molecular weight is 574 g/mol. The Kier molecular flexibility index (Phi) is 7.56. The Balaban J connectivity index is 2.41. The first-order valence-electron chi connectivity index (χ1n) is 11.5. The summed E-state index contributed by atoms with van der Waals surface area (Å²) in [5.74, 6) is 0.0665. The summed E-state index contributed by atoms with van der Waals surface area (Å²) in [6.07, 6.45) is 0.329. The number of benzene rings is 3. The van der Waals surface area contributed by atoms with Crippen LogP contribution in [0.4, 0.5) is 0 Å². The van der Waals surface area contributed by atoms with E-state index in [9.17, 15) is 9.90 Å². The number of ether oxygens (including phenoxy) is 2. The van der Waals surface area contributed by atoms with Gasteiger partial charge in [-0.2, -0.15) is 0 Å². The quantitative estimate of drug-likeness (QED) is 0.311. The van der Waals surface area contributed by atoms with Gasteiger partial charge in [-0.05, 0) is 80.4 Å². The second-order valence-electron chi connectivity index (χ2n) is 10.8. The maximum absolute atomic E-state index is 12.5. The molecule has 5 heteroatoms. The molecule has 0 aliphatic carbocycles. The molecule has 1 unspecified atom stereocenters. The number of carboxylic acid groups (broad SMARTS) is 1. The molecule has 182 valence electrons. The van der Waals surface area contributed by atoms with Crippen LogP contribution in [0.1, 0.15) is 69.7 Å². The minimum Gasteiger partial charge on any atom is -0.496 e. The molecular formula is C29H35IO4. The standard InChI is InChI=1S/C29H35IO4/c1-28(2,3)23-16-21-19(13-14-24(33-7)25(21)29(4,5)6)22(26(23)34-8)15-20(27(31)32)17-9-11-18(30)12-10-17/h9-14,16,20H,15H2,1-8H3,(H,31,32). The highest BCUT2D eigenvalue weighted by atomic mass is 127. The van der Waals surface area contributed by atoms with Crippen molar-refractivity contribution in [2.75, 3.05) is 14.2 Å². The lowest BCUT2D eigenvalue weighted by Crippen LogP contribution is -2.19. The third-order valence-corrected chi connectivity index (χ3v) is 7.02. The van der Waals surface area contributed by atoms with Gasteiger partial charge in [0.1, 0.15) is 11.5 Å². The lowest BCUT2D eigenvalue weighted by molar-refractivity contribution is -0.138. The smallest absolute Gasteiger partial charge is 0.311 e. The van der Waals surface area contributed by atoms with Crippen molar-refractivity contribution in [2.45, 2.75) is 64.7 Å². The summed E-state index contributed by atoms with van der Waals surface area (Å²) in [6.45, 7) is 13.0. The Labute approximate surface area is 216 Å². The summed E-state index contributed by atoms with van der Waals surface area (Å²) in [4.78, 5) is 12.5. The fourth-order valence-corrected chi connectivity index (χ4v) is 5.05. The monoisotopic (exact) mass is 574 g/mol. The highest BCUT2D eigenvalue weighted by Gasteiger charge is 2.31. The van der Waals surface area contributed by atoms with Crippen LogP contribution in [0.15, 0.2) is 42.5 Å². The van der Waals surface area contributed by atoms with Crippen molar-refractivity contribution in [2.24, 2.45) is 0 Å². The van der Waals surface area contributed by atoms with Crippen LogP contribution in [0.2, 0.25) is 0 Å². The van der Waals surface area contributed by atoms with Crippen LogP contribution in [0.3, 0.4) is 0 Å². The first kappa shape index (κ1) is 26.3. The zero-order chi connectivity index (χ0) is 25.4. The molecule has 3 aromatic rings. The van der Waals surface area contributed by atoms with Crippen LogP contribution in [-0.2, 0) is 22.0 Å². The Bertz CT molecular complexity index is 1200. The summed E-state index contributed by atoms with van der Waals surface area (Å²) in [6, 6.07) is 14.0. The predicted molar refractivity (Wildman–Crippen MR) is 148 cm³/mol. The highest BCUT2D eigenvalue weighted by molar-refractivity contribution is 14.1. The van der Waals surface area contributed by atoms with Gasteiger partial charge in [0.2, 0.25) is 0 Å². The molecule has 0 aliphatic rings. The van der Waals surface area contributed by atoms with Gasteiger partial charge in [0.05, 0.1) is 20.1 Å². The SMILES string of the molecule is COc1ccc2c(CC(C(=O)O)c3ccc(I)cc3)c(OC)c(C(C)(C)C)cc2c1C(C)(C)C. The molecule has 0 radical (unpaired) electrons. The summed E-state index contributed by atoms with van der Waals surface area (Å²) in [7, 11) is 3.37. The fraction of sp³-hybridized carbons (Fsp3) is 0.414. The molecule has 1 N–H and O–H groups in total. The van der Waals surface area contributed by atoms with Gasteiger partial charge < -0.3 is 14.6 Å². The summed E-state index contributed by atoms with van der Waals surface area (Å²) in [5.41, 5.74) is 3.51. The first-order chi connectivity index (χ1) is 15.8. The molecule has 0 bridgehead atoms. The van der Waals surface area contributed by atoms with Gasteiger partial charge in [0, 0.05) is 20.3 Å². The first-order valence-corrected chi connectivity index (χ1v) is 12.6. The van der Waals surface area contributed by atoms with E-state index in [1.807, 2.05) is 36.4 Å². The van der Waals surface area contributed by atoms with Crippen LogP contribution in [0.5, 0.6) is 11.5 Å². The van der Waals surface area contributed by atoms with E-state index in [-0.39, 0.29) is 10.8 Å². The number of fused-ring (bicyclic) bond motifs is 1. The van der Waals surface area contributed by atoms with E-state index < -0.39 is 11.9 Å².